The van der Waals surface area contributed by atoms with Crippen LogP contribution in [0.2, 0.25) is 0 Å². The third kappa shape index (κ3) is 1.09. The molecule has 0 fully saturated rings. The van der Waals surface area contributed by atoms with Crippen molar-refractivity contribution in [1.82, 2.24) is 15.1 Å². The summed E-state index contributed by atoms with van der Waals surface area (Å²) >= 11 is 0. The second-order valence-corrected chi connectivity index (χ2v) is 2.65. The Bertz CT molecular complexity index is 246. The molecule has 0 unspecified atom stereocenters. The number of rotatable bonds is 1. The van der Waals surface area contributed by atoms with Gasteiger partial charge in [-0.05, 0) is 7.05 Å². The second kappa shape index (κ2) is 2.54. The summed E-state index contributed by atoms with van der Waals surface area (Å²) in [5, 5.41) is 7.26. The molecule has 4 heteroatoms. The van der Waals surface area contributed by atoms with Gasteiger partial charge in [0, 0.05) is 6.07 Å². The molecule has 0 saturated heterocycles. The fraction of sp³-hybridized carbons (Fsp3) is 0.571. The van der Waals surface area contributed by atoms with Crippen molar-refractivity contribution < 1.29 is 4.74 Å². The molecule has 4 nitrogen and oxygen atoms in total. The van der Waals surface area contributed by atoms with Crippen LogP contribution in [0.4, 0.5) is 0 Å². The van der Waals surface area contributed by atoms with Crippen LogP contribution in [0.5, 0.6) is 5.88 Å². The van der Waals surface area contributed by atoms with E-state index in [1.807, 2.05) is 17.8 Å². The molecule has 60 valence electrons. The lowest BCUT2D eigenvalue weighted by Crippen LogP contribution is -2.39. The highest BCUT2D eigenvalue weighted by molar-refractivity contribution is 5.09. The molecular weight excluding hydrogens is 142 g/mol. The first-order valence-electron chi connectivity index (χ1n) is 3.72. The Morgan fingerprint density at radius 1 is 1.82 bits per heavy atom. The van der Waals surface area contributed by atoms with Crippen molar-refractivity contribution in [2.75, 3.05) is 13.7 Å². The molecule has 2 heterocycles. The van der Waals surface area contributed by atoms with Gasteiger partial charge in [-0.2, -0.15) is 5.10 Å². The van der Waals surface area contributed by atoms with E-state index in [0.29, 0.717) is 6.04 Å². The largest absolute Gasteiger partial charge is 0.476 e. The highest BCUT2D eigenvalue weighted by Gasteiger charge is 2.17. The van der Waals surface area contributed by atoms with E-state index in [1.165, 1.54) is 0 Å². The van der Waals surface area contributed by atoms with Crippen molar-refractivity contribution in [3.63, 3.8) is 0 Å². The van der Waals surface area contributed by atoms with Gasteiger partial charge in [0.25, 0.3) is 0 Å². The molecule has 2 rings (SSSR count). The molecule has 0 bridgehead atoms. The van der Waals surface area contributed by atoms with Gasteiger partial charge < -0.3 is 10.1 Å². The number of fused-ring (bicyclic) bond motifs is 1. The molecule has 11 heavy (non-hydrogen) atoms. The molecule has 0 aliphatic carbocycles. The number of likely N-dealkylation sites (N-methyl/N-ethyl adjacent to an activating group) is 1. The fourth-order valence-corrected chi connectivity index (χ4v) is 1.20. The Morgan fingerprint density at radius 2 is 2.73 bits per heavy atom. The predicted molar refractivity (Wildman–Crippen MR) is 40.6 cm³/mol. The normalized spacial score (nSPS) is 22.5. The maximum atomic E-state index is 5.40. The van der Waals surface area contributed by atoms with Crippen molar-refractivity contribution in [1.29, 1.82) is 0 Å². The highest BCUT2D eigenvalue weighted by atomic mass is 16.5. The number of hydrogen-bond acceptors (Lipinski definition) is 3. The van der Waals surface area contributed by atoms with E-state index in [4.69, 9.17) is 4.74 Å². The van der Waals surface area contributed by atoms with E-state index in [2.05, 4.69) is 10.4 Å². The number of ether oxygens (including phenoxy) is 1. The highest BCUT2D eigenvalue weighted by Crippen LogP contribution is 2.14. The summed E-state index contributed by atoms with van der Waals surface area (Å²) < 4.78 is 7.27. The number of aromatic nitrogens is 2. The average Bonchev–Trinajstić information content (AvgIpc) is 2.50. The van der Waals surface area contributed by atoms with Crippen LogP contribution in [0, 0.1) is 0 Å². The minimum absolute atomic E-state index is 0.391. The van der Waals surface area contributed by atoms with E-state index < -0.39 is 0 Å². The van der Waals surface area contributed by atoms with Gasteiger partial charge in [0.1, 0.15) is 6.61 Å². The third-order valence-corrected chi connectivity index (χ3v) is 1.91. The Labute approximate surface area is 65.2 Å². The molecule has 0 radical (unpaired) electrons. The summed E-state index contributed by atoms with van der Waals surface area (Å²) in [4.78, 5) is 0. The van der Waals surface area contributed by atoms with Crippen LogP contribution in [0.3, 0.4) is 0 Å². The van der Waals surface area contributed by atoms with Crippen LogP contribution < -0.4 is 10.1 Å². The Kier molecular flexibility index (Phi) is 1.54. The zero-order valence-corrected chi connectivity index (χ0v) is 6.45. The zero-order chi connectivity index (χ0) is 7.68. The summed E-state index contributed by atoms with van der Waals surface area (Å²) in [7, 11) is 1.93. The van der Waals surface area contributed by atoms with Crippen LogP contribution >= 0.6 is 0 Å². The van der Waals surface area contributed by atoms with E-state index >= 15 is 0 Å². The van der Waals surface area contributed by atoms with Crippen LogP contribution in [-0.2, 0) is 6.54 Å². The molecule has 1 N–H and O–H groups in total. The Hall–Kier alpha value is -1.03. The molecule has 1 aliphatic rings. The summed E-state index contributed by atoms with van der Waals surface area (Å²) in [6, 6.07) is 2.27. The van der Waals surface area contributed by atoms with Gasteiger partial charge in [-0.25, -0.2) is 4.68 Å². The lowest BCUT2D eigenvalue weighted by molar-refractivity contribution is 0.189. The molecule has 1 aromatic heterocycles. The van der Waals surface area contributed by atoms with Gasteiger partial charge in [0.05, 0.1) is 18.8 Å². The molecule has 0 amide bonds. The second-order valence-electron chi connectivity index (χ2n) is 2.65. The first kappa shape index (κ1) is 6.67. The topological polar surface area (TPSA) is 39.1 Å². The Balaban J connectivity index is 2.18. The molecule has 1 aliphatic heterocycles. The van der Waals surface area contributed by atoms with Gasteiger partial charge >= 0.3 is 0 Å². The quantitative estimate of drug-likeness (QED) is 0.610. The van der Waals surface area contributed by atoms with Crippen LogP contribution in [0.25, 0.3) is 0 Å². The monoisotopic (exact) mass is 153 g/mol. The number of nitrogens with one attached hydrogen (secondary N) is 1. The predicted octanol–water partition coefficient (Wildman–Crippen LogP) is -0.137. The molecule has 0 spiro atoms. The lowest BCUT2D eigenvalue weighted by atomic mass is 10.3. The van der Waals surface area contributed by atoms with Crippen molar-refractivity contribution in [2.24, 2.45) is 0 Å². The van der Waals surface area contributed by atoms with Crippen LogP contribution in [-0.4, -0.2) is 29.5 Å². The summed E-state index contributed by atoms with van der Waals surface area (Å²) in [5.41, 5.74) is 0. The minimum Gasteiger partial charge on any atom is -0.476 e. The van der Waals surface area contributed by atoms with Crippen molar-refractivity contribution in [3.05, 3.63) is 12.3 Å². The van der Waals surface area contributed by atoms with E-state index in [0.717, 1.165) is 19.0 Å². The van der Waals surface area contributed by atoms with Gasteiger partial charge in [-0.15, -0.1) is 0 Å². The van der Waals surface area contributed by atoms with Crippen LogP contribution in [0.15, 0.2) is 12.3 Å². The van der Waals surface area contributed by atoms with E-state index in [-0.39, 0.29) is 0 Å². The van der Waals surface area contributed by atoms with E-state index in [9.17, 15) is 0 Å². The lowest BCUT2D eigenvalue weighted by Gasteiger charge is -2.23. The van der Waals surface area contributed by atoms with Gasteiger partial charge in [0.15, 0.2) is 0 Å². The third-order valence-electron chi connectivity index (χ3n) is 1.91. The molecule has 0 saturated carbocycles. The van der Waals surface area contributed by atoms with Crippen molar-refractivity contribution >= 4 is 0 Å². The SMILES string of the molecule is CN[C@H]1COc2ccnn2C1. The summed E-state index contributed by atoms with van der Waals surface area (Å²) in [5.74, 6) is 0.872. The molecular formula is C7H11N3O. The zero-order valence-electron chi connectivity index (χ0n) is 6.45. The van der Waals surface area contributed by atoms with Gasteiger partial charge in [-0.1, -0.05) is 0 Å². The molecule has 1 aromatic rings. The molecule has 0 aromatic carbocycles. The first-order valence-corrected chi connectivity index (χ1v) is 3.72. The smallest absolute Gasteiger partial charge is 0.211 e. The van der Waals surface area contributed by atoms with Crippen molar-refractivity contribution in [2.45, 2.75) is 12.6 Å². The number of hydrogen-bond donors (Lipinski definition) is 1. The van der Waals surface area contributed by atoms with Gasteiger partial charge in [0.2, 0.25) is 5.88 Å². The Morgan fingerprint density at radius 3 is 3.55 bits per heavy atom. The summed E-state index contributed by atoms with van der Waals surface area (Å²) in [6.45, 7) is 1.64. The fourth-order valence-electron chi connectivity index (χ4n) is 1.20. The molecule has 1 atom stereocenters. The standard InChI is InChI=1S/C7H11N3O/c1-8-6-4-10-7(11-5-6)2-3-9-10/h2-3,6,8H,4-5H2,1H3/t6-/m1/s1. The van der Waals surface area contributed by atoms with Crippen LogP contribution in [0.1, 0.15) is 0 Å². The minimum atomic E-state index is 0.391. The number of nitrogens with zero attached hydrogens (tertiary/aromatic N) is 2. The maximum Gasteiger partial charge on any atom is 0.211 e. The maximum absolute atomic E-state index is 5.40. The average molecular weight is 153 g/mol. The summed E-state index contributed by atoms with van der Waals surface area (Å²) in [6.07, 6.45) is 1.76. The first-order chi connectivity index (χ1) is 5.40. The van der Waals surface area contributed by atoms with Gasteiger partial charge in [-0.3, -0.25) is 0 Å². The van der Waals surface area contributed by atoms with Crippen molar-refractivity contribution in [3.8, 4) is 5.88 Å². The van der Waals surface area contributed by atoms with E-state index in [1.54, 1.807) is 6.20 Å².